The fourth-order valence-corrected chi connectivity index (χ4v) is 5.10. The first-order valence-corrected chi connectivity index (χ1v) is 9.00. The van der Waals surface area contributed by atoms with Gasteiger partial charge in [-0.1, -0.05) is 47.3 Å². The molecule has 0 aromatic rings. The molecule has 0 spiro atoms. The summed E-state index contributed by atoms with van der Waals surface area (Å²) in [6, 6.07) is 2.20. The van der Waals surface area contributed by atoms with Crippen LogP contribution >= 0.6 is 35.1 Å². The Kier molecular flexibility index (Phi) is 3.65. The van der Waals surface area contributed by atoms with Gasteiger partial charge in [0.1, 0.15) is 0 Å². The van der Waals surface area contributed by atoms with Crippen molar-refractivity contribution in [1.82, 2.24) is 0 Å². The third-order valence-corrected chi connectivity index (χ3v) is 6.28. The van der Waals surface area contributed by atoms with Crippen molar-refractivity contribution in [3.05, 3.63) is 66.8 Å². The van der Waals surface area contributed by atoms with E-state index in [1.807, 2.05) is 6.08 Å². The number of halogens is 1. The molecule has 0 N–H and O–H groups in total. The molecule has 2 nitrogen and oxygen atoms in total. The van der Waals surface area contributed by atoms with Crippen LogP contribution in [0.15, 0.2) is 71.8 Å². The summed E-state index contributed by atoms with van der Waals surface area (Å²) < 4.78 is 0. The van der Waals surface area contributed by atoms with Gasteiger partial charge in [-0.3, -0.25) is 4.99 Å². The Morgan fingerprint density at radius 3 is 3.05 bits per heavy atom. The number of nitrogens with zero attached hydrogens (tertiary/aromatic N) is 2. The van der Waals surface area contributed by atoms with E-state index in [0.717, 1.165) is 22.1 Å². The van der Waals surface area contributed by atoms with Crippen LogP contribution in [0.3, 0.4) is 0 Å². The maximum Gasteiger partial charge on any atom is 0.0868 e. The molecular weight excluding hydrogens is 332 g/mol. The lowest BCUT2D eigenvalue weighted by Gasteiger charge is -2.18. The number of allylic oxidation sites excluding steroid dienone is 8. The SMILES string of the molecule is N#CCC1=NCC2=CC(Cl)=CC3=C4SC=CC=C4CC3=C2S1. The molecule has 108 valence electrons. The van der Waals surface area contributed by atoms with Crippen molar-refractivity contribution in [2.24, 2.45) is 4.99 Å². The van der Waals surface area contributed by atoms with Crippen LogP contribution < -0.4 is 0 Å². The molecule has 2 heterocycles. The second-order valence-electron chi connectivity index (χ2n) is 5.21. The van der Waals surface area contributed by atoms with Crippen LogP contribution in [0.2, 0.25) is 0 Å². The number of aliphatic imine (C=N–C) groups is 1. The van der Waals surface area contributed by atoms with Crippen LogP contribution in [0.5, 0.6) is 0 Å². The minimum atomic E-state index is 0.376. The highest BCUT2D eigenvalue weighted by atomic mass is 35.5. The molecule has 5 heteroatoms. The molecule has 0 atom stereocenters. The predicted molar refractivity (Wildman–Crippen MR) is 95.6 cm³/mol. The zero-order valence-corrected chi connectivity index (χ0v) is 14.0. The van der Waals surface area contributed by atoms with Gasteiger partial charge < -0.3 is 0 Å². The molecule has 4 aliphatic rings. The van der Waals surface area contributed by atoms with E-state index in [0.29, 0.717) is 13.0 Å². The van der Waals surface area contributed by atoms with E-state index >= 15 is 0 Å². The minimum Gasteiger partial charge on any atom is -0.277 e. The van der Waals surface area contributed by atoms with Crippen molar-refractivity contribution >= 4 is 40.2 Å². The predicted octanol–water partition coefficient (Wildman–Crippen LogP) is 5.21. The quantitative estimate of drug-likeness (QED) is 0.656. The Bertz CT molecular complexity index is 829. The van der Waals surface area contributed by atoms with Gasteiger partial charge in [0.15, 0.2) is 0 Å². The topological polar surface area (TPSA) is 36.1 Å². The Morgan fingerprint density at radius 2 is 2.18 bits per heavy atom. The lowest BCUT2D eigenvalue weighted by molar-refractivity contribution is 1.14. The van der Waals surface area contributed by atoms with Gasteiger partial charge in [0, 0.05) is 21.3 Å². The number of fused-ring (bicyclic) bond motifs is 3. The molecule has 0 aromatic heterocycles. The summed E-state index contributed by atoms with van der Waals surface area (Å²) in [5, 5.41) is 12.7. The monoisotopic (exact) mass is 342 g/mol. The molecule has 0 amide bonds. The molecule has 0 saturated heterocycles. The van der Waals surface area contributed by atoms with E-state index in [1.54, 1.807) is 23.5 Å². The molecule has 22 heavy (non-hydrogen) atoms. The maximum atomic E-state index is 8.93. The zero-order chi connectivity index (χ0) is 15.1. The number of hydrogen-bond acceptors (Lipinski definition) is 4. The van der Waals surface area contributed by atoms with Crippen LogP contribution in [0, 0.1) is 11.3 Å². The highest BCUT2D eigenvalue weighted by Gasteiger charge is 2.31. The van der Waals surface area contributed by atoms with Crippen LogP contribution in [-0.2, 0) is 0 Å². The third-order valence-electron chi connectivity index (χ3n) is 3.83. The highest BCUT2D eigenvalue weighted by molar-refractivity contribution is 8.17. The largest absolute Gasteiger partial charge is 0.277 e. The molecular formula is C17H11ClN2S2. The lowest BCUT2D eigenvalue weighted by atomic mass is 10.1. The van der Waals surface area contributed by atoms with Crippen molar-refractivity contribution in [3.63, 3.8) is 0 Å². The average molecular weight is 343 g/mol. The molecule has 2 aliphatic heterocycles. The van der Waals surface area contributed by atoms with Crippen molar-refractivity contribution in [1.29, 1.82) is 5.26 Å². The normalized spacial score (nSPS) is 22.7. The van der Waals surface area contributed by atoms with Crippen molar-refractivity contribution < 1.29 is 0 Å². The molecule has 0 bridgehead atoms. The zero-order valence-electron chi connectivity index (χ0n) is 11.6. The molecule has 0 unspecified atom stereocenters. The highest BCUT2D eigenvalue weighted by Crippen LogP contribution is 2.51. The fourth-order valence-electron chi connectivity index (χ4n) is 2.90. The standard InChI is InChI=1S/C17H11ClN2S2/c18-12-6-11-9-20-15(3-4-19)22-17(11)13-7-10-2-1-5-21-16(10)14(13)8-12/h1-2,5-6,8H,3,7,9H2. The summed E-state index contributed by atoms with van der Waals surface area (Å²) in [5.74, 6) is 0. The van der Waals surface area contributed by atoms with Gasteiger partial charge in [-0.25, -0.2) is 0 Å². The van der Waals surface area contributed by atoms with E-state index < -0.39 is 0 Å². The van der Waals surface area contributed by atoms with Gasteiger partial charge in [-0.05, 0) is 39.9 Å². The van der Waals surface area contributed by atoms with E-state index in [1.165, 1.54) is 26.5 Å². The van der Waals surface area contributed by atoms with Gasteiger partial charge in [0.05, 0.1) is 24.1 Å². The number of nitriles is 1. The van der Waals surface area contributed by atoms with E-state index in [-0.39, 0.29) is 0 Å². The van der Waals surface area contributed by atoms with Crippen LogP contribution in [0.4, 0.5) is 0 Å². The molecule has 0 radical (unpaired) electrons. The van der Waals surface area contributed by atoms with E-state index in [4.69, 9.17) is 16.9 Å². The Morgan fingerprint density at radius 1 is 1.27 bits per heavy atom. The fraction of sp³-hybridized carbons (Fsp3) is 0.176. The summed E-state index contributed by atoms with van der Waals surface area (Å²) in [5.41, 5.74) is 5.08. The first-order chi connectivity index (χ1) is 10.8. The summed E-state index contributed by atoms with van der Waals surface area (Å²) >= 11 is 9.80. The van der Waals surface area contributed by atoms with E-state index in [2.05, 4.69) is 34.7 Å². The van der Waals surface area contributed by atoms with Gasteiger partial charge in [-0.2, -0.15) is 5.26 Å². The summed E-state index contributed by atoms with van der Waals surface area (Å²) in [6.07, 6.45) is 9.68. The summed E-state index contributed by atoms with van der Waals surface area (Å²) in [4.78, 5) is 7.05. The van der Waals surface area contributed by atoms with E-state index in [9.17, 15) is 0 Å². The number of thioether (sulfide) groups is 2. The lowest BCUT2D eigenvalue weighted by Crippen LogP contribution is -2.07. The van der Waals surface area contributed by atoms with Crippen molar-refractivity contribution in [2.45, 2.75) is 12.8 Å². The third kappa shape index (κ3) is 2.34. The van der Waals surface area contributed by atoms with Gasteiger partial charge >= 0.3 is 0 Å². The van der Waals surface area contributed by atoms with Crippen molar-refractivity contribution in [3.8, 4) is 6.07 Å². The molecule has 0 fully saturated rings. The Balaban J connectivity index is 1.87. The molecule has 0 saturated carbocycles. The second-order valence-corrected chi connectivity index (χ2v) is 7.65. The van der Waals surface area contributed by atoms with Crippen LogP contribution in [0.25, 0.3) is 0 Å². The Hall–Kier alpha value is -1.41. The number of hydrogen-bond donors (Lipinski definition) is 0. The second kappa shape index (κ2) is 5.66. The molecule has 0 aromatic carbocycles. The maximum absolute atomic E-state index is 8.93. The number of rotatable bonds is 1. The first-order valence-electron chi connectivity index (χ1n) is 6.93. The van der Waals surface area contributed by atoms with Gasteiger partial charge in [-0.15, -0.1) is 0 Å². The smallest absolute Gasteiger partial charge is 0.0868 e. The Labute approximate surface area is 142 Å². The van der Waals surface area contributed by atoms with Crippen LogP contribution in [0.1, 0.15) is 12.8 Å². The van der Waals surface area contributed by atoms with Gasteiger partial charge in [0.2, 0.25) is 0 Å². The van der Waals surface area contributed by atoms with Crippen molar-refractivity contribution in [2.75, 3.05) is 6.54 Å². The first kappa shape index (κ1) is 14.2. The summed E-state index contributed by atoms with van der Waals surface area (Å²) in [6.45, 7) is 0.611. The minimum absolute atomic E-state index is 0.376. The average Bonchev–Trinajstić information content (AvgIpc) is 2.81. The van der Waals surface area contributed by atoms with Gasteiger partial charge in [0.25, 0.3) is 0 Å². The molecule has 2 aliphatic carbocycles. The summed E-state index contributed by atoms with van der Waals surface area (Å²) in [7, 11) is 0. The molecule has 4 rings (SSSR count). The van der Waals surface area contributed by atoms with Crippen LogP contribution in [-0.4, -0.2) is 11.6 Å².